The van der Waals surface area contributed by atoms with Gasteiger partial charge in [0.15, 0.2) is 0 Å². The monoisotopic (exact) mass is 420 g/mol. The van der Waals surface area contributed by atoms with Crippen LogP contribution in [-0.2, 0) is 4.74 Å². The van der Waals surface area contributed by atoms with Crippen molar-refractivity contribution >= 4 is 17.1 Å². The topological polar surface area (TPSA) is 91.1 Å². The number of carbonyl (C=O) groups is 1. The van der Waals surface area contributed by atoms with E-state index in [-0.39, 0.29) is 23.9 Å². The summed E-state index contributed by atoms with van der Waals surface area (Å²) in [6, 6.07) is 7.24. The normalized spacial score (nSPS) is 36.1. The van der Waals surface area contributed by atoms with E-state index in [1.54, 1.807) is 21.6 Å². The van der Waals surface area contributed by atoms with Crippen LogP contribution in [0.25, 0.3) is 11.0 Å². The minimum absolute atomic E-state index is 0.0661. The second kappa shape index (κ2) is 6.62. The van der Waals surface area contributed by atoms with Crippen LogP contribution in [0.2, 0.25) is 0 Å². The first-order chi connectivity index (χ1) is 14.9. The third-order valence-electron chi connectivity index (χ3n) is 8.36. The highest BCUT2D eigenvalue weighted by molar-refractivity contribution is 5.77. The molecule has 0 radical (unpaired) electrons. The van der Waals surface area contributed by atoms with Crippen molar-refractivity contribution in [2.24, 2.45) is 23.2 Å². The van der Waals surface area contributed by atoms with E-state index >= 15 is 0 Å². The van der Waals surface area contributed by atoms with Gasteiger partial charge in [-0.15, -0.1) is 0 Å². The number of aromatic nitrogens is 2. The van der Waals surface area contributed by atoms with Crippen LogP contribution in [0.15, 0.2) is 23.0 Å². The summed E-state index contributed by atoms with van der Waals surface area (Å²) in [5.41, 5.74) is 2.22. The first-order valence-corrected chi connectivity index (χ1v) is 11.5. The van der Waals surface area contributed by atoms with Gasteiger partial charge >= 0.3 is 11.8 Å². The Balaban J connectivity index is 1.17. The summed E-state index contributed by atoms with van der Waals surface area (Å²) in [5.74, 6) is 1.86. The standard InChI is InChI=1S/C24H28N4O3/c1-24-9-15-6-16(10-24)21(17(7-15)11-24)31-23(30)27-5-4-18(13-27)28-20-3-2-14(12-25)8-19(20)26-22(28)29/h2-3,8,15-18,21H,4-7,9-11,13H2,1H3,(H,26,29)/t15?,16?,17?,18-,21?,24?/m1/s1. The number of likely N-dealkylation sites (tertiary alicyclic amines) is 1. The molecule has 1 amide bonds. The molecular formula is C24H28N4O3. The van der Waals surface area contributed by atoms with E-state index < -0.39 is 0 Å². The Bertz CT molecular complexity index is 1140. The number of nitrogens with zero attached hydrogens (tertiary/aromatic N) is 3. The average Bonchev–Trinajstić information content (AvgIpc) is 3.32. The van der Waals surface area contributed by atoms with E-state index in [2.05, 4.69) is 18.0 Å². The summed E-state index contributed by atoms with van der Waals surface area (Å²) < 4.78 is 7.86. The van der Waals surface area contributed by atoms with Crippen LogP contribution in [0, 0.1) is 34.5 Å². The summed E-state index contributed by atoms with van der Waals surface area (Å²) in [4.78, 5) is 30.3. The Morgan fingerprint density at radius 1 is 1.26 bits per heavy atom. The molecule has 7 rings (SSSR count). The summed E-state index contributed by atoms with van der Waals surface area (Å²) in [7, 11) is 0. The van der Waals surface area contributed by atoms with Crippen LogP contribution >= 0.6 is 0 Å². The van der Waals surface area contributed by atoms with Gasteiger partial charge < -0.3 is 14.6 Å². The lowest BCUT2D eigenvalue weighted by atomic mass is 9.49. The van der Waals surface area contributed by atoms with Crippen LogP contribution < -0.4 is 5.69 Å². The van der Waals surface area contributed by atoms with Crippen molar-refractivity contribution in [2.45, 2.75) is 57.6 Å². The Labute approximate surface area is 181 Å². The Morgan fingerprint density at radius 2 is 2.03 bits per heavy atom. The number of rotatable bonds is 2. The van der Waals surface area contributed by atoms with Gasteiger partial charge in [0.05, 0.1) is 28.7 Å². The number of ether oxygens (including phenoxy) is 1. The van der Waals surface area contributed by atoms with Crippen molar-refractivity contribution in [3.8, 4) is 6.07 Å². The van der Waals surface area contributed by atoms with Gasteiger partial charge in [-0.05, 0) is 79.9 Å². The number of fused-ring (bicyclic) bond motifs is 1. The van der Waals surface area contributed by atoms with Gasteiger partial charge in [0, 0.05) is 13.1 Å². The molecule has 4 saturated carbocycles. The molecule has 162 valence electrons. The smallest absolute Gasteiger partial charge is 0.410 e. The number of amides is 1. The van der Waals surface area contributed by atoms with Gasteiger partial charge in [0.1, 0.15) is 6.10 Å². The van der Waals surface area contributed by atoms with Crippen LogP contribution in [0.1, 0.15) is 57.1 Å². The third kappa shape index (κ3) is 2.99. The lowest BCUT2D eigenvalue weighted by Gasteiger charge is -2.58. The maximum atomic E-state index is 13.0. The number of carbonyl (C=O) groups excluding carboxylic acids is 1. The summed E-state index contributed by atoms with van der Waals surface area (Å²) in [6.07, 6.45) is 6.72. The number of hydrogen-bond donors (Lipinski definition) is 1. The molecule has 5 fully saturated rings. The van der Waals surface area contributed by atoms with E-state index in [0.29, 0.717) is 41.4 Å². The summed E-state index contributed by atoms with van der Waals surface area (Å²) in [6.45, 7) is 3.50. The molecule has 7 heteroatoms. The third-order valence-corrected chi connectivity index (χ3v) is 8.36. The van der Waals surface area contributed by atoms with E-state index in [1.807, 2.05) is 6.07 Å². The zero-order valence-electron chi connectivity index (χ0n) is 17.8. The summed E-state index contributed by atoms with van der Waals surface area (Å²) >= 11 is 0. The molecule has 3 atom stereocenters. The molecule has 4 aliphatic carbocycles. The zero-order valence-corrected chi connectivity index (χ0v) is 17.8. The number of nitrogens with one attached hydrogen (secondary N) is 1. The predicted octanol–water partition coefficient (Wildman–Crippen LogP) is 3.80. The number of imidazole rings is 1. The zero-order chi connectivity index (χ0) is 21.3. The summed E-state index contributed by atoms with van der Waals surface area (Å²) in [5, 5.41) is 9.10. The molecule has 1 N–H and O–H groups in total. The maximum absolute atomic E-state index is 13.0. The highest BCUT2D eigenvalue weighted by atomic mass is 16.6. The molecule has 1 aromatic heterocycles. The molecule has 1 saturated heterocycles. The molecular weight excluding hydrogens is 392 g/mol. The molecule has 4 bridgehead atoms. The Kier molecular flexibility index (Phi) is 4.05. The van der Waals surface area contributed by atoms with Crippen LogP contribution in [-0.4, -0.2) is 39.7 Å². The quantitative estimate of drug-likeness (QED) is 0.800. The van der Waals surface area contributed by atoms with Gasteiger partial charge in [-0.25, -0.2) is 9.59 Å². The molecule has 7 nitrogen and oxygen atoms in total. The van der Waals surface area contributed by atoms with E-state index in [4.69, 9.17) is 10.00 Å². The van der Waals surface area contributed by atoms with Gasteiger partial charge in [-0.2, -0.15) is 5.26 Å². The van der Waals surface area contributed by atoms with Crippen molar-refractivity contribution in [1.29, 1.82) is 5.26 Å². The Hall–Kier alpha value is -2.75. The highest BCUT2D eigenvalue weighted by Gasteiger charge is 2.55. The number of hydrogen-bond acceptors (Lipinski definition) is 4. The first kappa shape index (κ1) is 19.0. The van der Waals surface area contributed by atoms with Crippen molar-refractivity contribution in [2.75, 3.05) is 13.1 Å². The second-order valence-corrected chi connectivity index (χ2v) is 10.7. The minimum atomic E-state index is -0.218. The van der Waals surface area contributed by atoms with Crippen LogP contribution in [0.5, 0.6) is 0 Å². The number of nitriles is 1. The molecule has 0 spiro atoms. The van der Waals surface area contributed by atoms with Crippen LogP contribution in [0.4, 0.5) is 4.79 Å². The van der Waals surface area contributed by atoms with Crippen molar-refractivity contribution in [3.05, 3.63) is 34.2 Å². The second-order valence-electron chi connectivity index (χ2n) is 10.7. The fourth-order valence-corrected chi connectivity index (χ4v) is 7.45. The molecule has 1 aromatic carbocycles. The first-order valence-electron chi connectivity index (χ1n) is 11.5. The van der Waals surface area contributed by atoms with E-state index in [1.165, 1.54) is 32.1 Å². The number of aromatic amines is 1. The van der Waals surface area contributed by atoms with Gasteiger partial charge in [-0.3, -0.25) is 4.57 Å². The van der Waals surface area contributed by atoms with Gasteiger partial charge in [0.25, 0.3) is 0 Å². The highest BCUT2D eigenvalue weighted by Crippen LogP contribution is 2.60. The van der Waals surface area contributed by atoms with E-state index in [9.17, 15) is 9.59 Å². The van der Waals surface area contributed by atoms with Gasteiger partial charge in [-0.1, -0.05) is 6.92 Å². The van der Waals surface area contributed by atoms with Gasteiger partial charge in [0.2, 0.25) is 0 Å². The number of benzene rings is 1. The predicted molar refractivity (Wildman–Crippen MR) is 114 cm³/mol. The fraction of sp³-hybridized carbons (Fsp3) is 0.625. The molecule has 2 heterocycles. The molecule has 2 unspecified atom stereocenters. The maximum Gasteiger partial charge on any atom is 0.410 e. The van der Waals surface area contributed by atoms with Crippen LogP contribution in [0.3, 0.4) is 0 Å². The Morgan fingerprint density at radius 3 is 2.74 bits per heavy atom. The average molecular weight is 421 g/mol. The SMILES string of the molecule is CC12CC3CC(C1)C(OC(=O)N1CC[C@@H](n4c(=O)[nH]c5cc(C#N)ccc54)C1)C(C3)C2. The lowest BCUT2D eigenvalue weighted by molar-refractivity contribution is -0.133. The number of H-pyrrole nitrogens is 1. The fourth-order valence-electron chi connectivity index (χ4n) is 7.45. The lowest BCUT2D eigenvalue weighted by Crippen LogP contribution is -2.54. The van der Waals surface area contributed by atoms with Crippen molar-refractivity contribution in [1.82, 2.24) is 14.5 Å². The molecule has 31 heavy (non-hydrogen) atoms. The minimum Gasteiger partial charge on any atom is -0.446 e. The molecule has 1 aliphatic heterocycles. The largest absolute Gasteiger partial charge is 0.446 e. The molecule has 5 aliphatic rings. The van der Waals surface area contributed by atoms with Crippen molar-refractivity contribution in [3.63, 3.8) is 0 Å². The van der Waals surface area contributed by atoms with Crippen molar-refractivity contribution < 1.29 is 9.53 Å². The van der Waals surface area contributed by atoms with E-state index in [0.717, 1.165) is 17.9 Å². The molecule has 2 aromatic rings.